The first-order valence-electron chi connectivity index (χ1n) is 6.71. The highest BCUT2D eigenvalue weighted by molar-refractivity contribution is 5.94. The molecule has 2 N–H and O–H groups in total. The van der Waals surface area contributed by atoms with Crippen LogP contribution in [-0.4, -0.2) is 23.5 Å². The quantitative estimate of drug-likeness (QED) is 0.824. The topological polar surface area (TPSA) is 66.4 Å². The van der Waals surface area contributed by atoms with Gasteiger partial charge in [0.15, 0.2) is 0 Å². The number of rotatable bonds is 3. The molecule has 1 aliphatic rings. The van der Waals surface area contributed by atoms with Crippen molar-refractivity contribution >= 4 is 11.9 Å². The maximum atomic E-state index is 11.7. The van der Waals surface area contributed by atoms with Crippen LogP contribution in [0.5, 0.6) is 0 Å². The zero-order valence-corrected chi connectivity index (χ0v) is 11.2. The summed E-state index contributed by atoms with van der Waals surface area (Å²) in [5.74, 6) is 3.98. The second kappa shape index (κ2) is 6.25. The highest BCUT2D eigenvalue weighted by atomic mass is 16.4. The Morgan fingerprint density at radius 2 is 1.85 bits per heavy atom. The Bertz CT molecular complexity index is 548. The largest absolute Gasteiger partial charge is 0.481 e. The Hall–Kier alpha value is -2.28. The maximum absolute atomic E-state index is 11.7. The van der Waals surface area contributed by atoms with Crippen LogP contribution < -0.4 is 5.32 Å². The first-order chi connectivity index (χ1) is 9.62. The van der Waals surface area contributed by atoms with E-state index in [9.17, 15) is 14.7 Å². The van der Waals surface area contributed by atoms with E-state index in [1.807, 2.05) is 30.3 Å². The van der Waals surface area contributed by atoms with Crippen molar-refractivity contribution in [2.75, 3.05) is 6.54 Å². The molecule has 0 atom stereocenters. The van der Waals surface area contributed by atoms with E-state index in [2.05, 4.69) is 17.2 Å². The lowest BCUT2D eigenvalue weighted by Crippen LogP contribution is -2.40. The zero-order chi connectivity index (χ0) is 14.4. The fraction of sp³-hybridized carbons (Fsp3) is 0.375. The molecule has 0 unspecified atom stereocenters. The Morgan fingerprint density at radius 3 is 2.45 bits per heavy atom. The number of amides is 1. The van der Waals surface area contributed by atoms with Crippen LogP contribution in [0.2, 0.25) is 0 Å². The standard InChI is InChI=1S/C16H17NO3/c18-14(9-8-13-6-2-1-3-7-13)17-12-16(15(19)20)10-4-5-11-16/h1-3,6-7H,4-5,10-12H2,(H,17,18)(H,19,20). The average Bonchev–Trinajstić information content (AvgIpc) is 2.94. The molecule has 1 saturated carbocycles. The molecule has 1 fully saturated rings. The lowest BCUT2D eigenvalue weighted by Gasteiger charge is -2.23. The van der Waals surface area contributed by atoms with Gasteiger partial charge in [0.1, 0.15) is 0 Å². The molecule has 1 aliphatic carbocycles. The predicted molar refractivity (Wildman–Crippen MR) is 74.9 cm³/mol. The summed E-state index contributed by atoms with van der Waals surface area (Å²) in [6.45, 7) is 0.157. The molecule has 1 aromatic carbocycles. The van der Waals surface area contributed by atoms with E-state index in [1.165, 1.54) is 0 Å². The Balaban J connectivity index is 1.92. The zero-order valence-electron chi connectivity index (χ0n) is 11.2. The molecule has 0 heterocycles. The van der Waals surface area contributed by atoms with E-state index in [1.54, 1.807) is 0 Å². The summed E-state index contributed by atoms with van der Waals surface area (Å²) in [6, 6.07) is 9.20. The number of aliphatic carboxylic acids is 1. The molecule has 0 bridgehead atoms. The fourth-order valence-electron chi connectivity index (χ4n) is 2.46. The van der Waals surface area contributed by atoms with Gasteiger partial charge in [0.05, 0.1) is 5.41 Å². The third kappa shape index (κ3) is 3.39. The second-order valence-corrected chi connectivity index (χ2v) is 5.09. The molecule has 20 heavy (non-hydrogen) atoms. The van der Waals surface area contributed by atoms with Gasteiger partial charge in [-0.2, -0.15) is 0 Å². The SMILES string of the molecule is O=C(C#Cc1ccccc1)NCC1(C(=O)O)CCCC1. The Labute approximate surface area is 118 Å². The molecule has 0 spiro atoms. The summed E-state index contributed by atoms with van der Waals surface area (Å²) < 4.78 is 0. The molecule has 1 aromatic rings. The lowest BCUT2D eigenvalue weighted by atomic mass is 9.86. The Kier molecular flexibility index (Phi) is 4.41. The number of hydrogen-bond acceptors (Lipinski definition) is 2. The first-order valence-corrected chi connectivity index (χ1v) is 6.71. The van der Waals surface area contributed by atoms with Gasteiger partial charge in [-0.1, -0.05) is 37.0 Å². The summed E-state index contributed by atoms with van der Waals surface area (Å²) >= 11 is 0. The first kappa shape index (κ1) is 14.1. The normalized spacial score (nSPS) is 16.0. The monoisotopic (exact) mass is 271 g/mol. The molecule has 4 heteroatoms. The fourth-order valence-corrected chi connectivity index (χ4v) is 2.46. The van der Waals surface area contributed by atoms with Crippen LogP contribution in [0.15, 0.2) is 30.3 Å². The summed E-state index contributed by atoms with van der Waals surface area (Å²) in [5.41, 5.74) is -0.0409. The van der Waals surface area contributed by atoms with Gasteiger partial charge >= 0.3 is 5.97 Å². The number of carboxylic acid groups (broad SMARTS) is 1. The summed E-state index contributed by atoms with van der Waals surface area (Å²) in [7, 11) is 0. The summed E-state index contributed by atoms with van der Waals surface area (Å²) in [4.78, 5) is 23.0. The predicted octanol–water partition coefficient (Wildman–Crippen LogP) is 1.80. The highest BCUT2D eigenvalue weighted by Gasteiger charge is 2.41. The third-order valence-electron chi connectivity index (χ3n) is 3.70. The highest BCUT2D eigenvalue weighted by Crippen LogP contribution is 2.37. The molecule has 1 amide bonds. The number of carboxylic acids is 1. The average molecular weight is 271 g/mol. The van der Waals surface area contributed by atoms with Crippen LogP contribution in [0.4, 0.5) is 0 Å². The van der Waals surface area contributed by atoms with Crippen molar-refractivity contribution in [3.8, 4) is 11.8 Å². The smallest absolute Gasteiger partial charge is 0.311 e. The van der Waals surface area contributed by atoms with Gasteiger partial charge in [-0.3, -0.25) is 9.59 Å². The van der Waals surface area contributed by atoms with Gasteiger partial charge in [-0.05, 0) is 25.0 Å². The maximum Gasteiger partial charge on any atom is 0.311 e. The number of carbonyl (C=O) groups is 2. The molecule has 0 radical (unpaired) electrons. The van der Waals surface area contributed by atoms with E-state index in [0.717, 1.165) is 18.4 Å². The van der Waals surface area contributed by atoms with Crippen LogP contribution >= 0.6 is 0 Å². The minimum Gasteiger partial charge on any atom is -0.481 e. The van der Waals surface area contributed by atoms with Crippen LogP contribution in [0.1, 0.15) is 31.2 Å². The Morgan fingerprint density at radius 1 is 1.20 bits per heavy atom. The minimum absolute atomic E-state index is 0.157. The van der Waals surface area contributed by atoms with Gasteiger partial charge in [0, 0.05) is 18.0 Å². The molecular weight excluding hydrogens is 254 g/mol. The summed E-state index contributed by atoms with van der Waals surface area (Å²) in [5, 5.41) is 11.9. The van der Waals surface area contributed by atoms with Gasteiger partial charge in [-0.25, -0.2) is 0 Å². The minimum atomic E-state index is -0.827. The van der Waals surface area contributed by atoms with Crippen LogP contribution in [0, 0.1) is 17.3 Å². The number of carbonyl (C=O) groups excluding carboxylic acids is 1. The van der Waals surface area contributed by atoms with E-state index in [-0.39, 0.29) is 6.54 Å². The van der Waals surface area contributed by atoms with Crippen molar-refractivity contribution in [3.63, 3.8) is 0 Å². The summed E-state index contributed by atoms with van der Waals surface area (Å²) in [6.07, 6.45) is 3.04. The van der Waals surface area contributed by atoms with Crippen LogP contribution in [-0.2, 0) is 9.59 Å². The van der Waals surface area contributed by atoms with Crippen LogP contribution in [0.3, 0.4) is 0 Å². The third-order valence-corrected chi connectivity index (χ3v) is 3.70. The number of benzene rings is 1. The molecule has 4 nitrogen and oxygen atoms in total. The van der Waals surface area contributed by atoms with Crippen LogP contribution in [0.25, 0.3) is 0 Å². The van der Waals surface area contributed by atoms with Crippen molar-refractivity contribution < 1.29 is 14.7 Å². The van der Waals surface area contributed by atoms with Gasteiger partial charge < -0.3 is 10.4 Å². The molecule has 0 saturated heterocycles. The van der Waals surface area contributed by atoms with Gasteiger partial charge in [0.2, 0.25) is 0 Å². The van der Waals surface area contributed by atoms with E-state index in [4.69, 9.17) is 0 Å². The van der Waals surface area contributed by atoms with E-state index in [0.29, 0.717) is 12.8 Å². The van der Waals surface area contributed by atoms with Crippen molar-refractivity contribution in [2.45, 2.75) is 25.7 Å². The van der Waals surface area contributed by atoms with Crippen molar-refractivity contribution in [3.05, 3.63) is 35.9 Å². The number of nitrogens with one attached hydrogen (secondary N) is 1. The van der Waals surface area contributed by atoms with Crippen molar-refractivity contribution in [1.29, 1.82) is 0 Å². The second-order valence-electron chi connectivity index (χ2n) is 5.09. The molecule has 0 aromatic heterocycles. The van der Waals surface area contributed by atoms with Gasteiger partial charge in [-0.15, -0.1) is 0 Å². The van der Waals surface area contributed by atoms with E-state index >= 15 is 0 Å². The molecule has 104 valence electrons. The lowest BCUT2D eigenvalue weighted by molar-refractivity contribution is -0.148. The van der Waals surface area contributed by atoms with E-state index < -0.39 is 17.3 Å². The molecular formula is C16H17NO3. The number of hydrogen-bond donors (Lipinski definition) is 2. The molecule has 2 rings (SSSR count). The molecule has 0 aliphatic heterocycles. The van der Waals surface area contributed by atoms with Gasteiger partial charge in [0.25, 0.3) is 5.91 Å². The van der Waals surface area contributed by atoms with Crippen molar-refractivity contribution in [1.82, 2.24) is 5.32 Å². The van der Waals surface area contributed by atoms with Crippen molar-refractivity contribution in [2.24, 2.45) is 5.41 Å².